The molecule has 0 fully saturated rings. The normalized spacial score (nSPS) is 19.5. The van der Waals surface area contributed by atoms with Crippen molar-refractivity contribution in [1.82, 2.24) is 0 Å². The second-order valence-corrected chi connectivity index (χ2v) is 3.82. The molecule has 2 nitrogen and oxygen atoms in total. The number of aldehydes is 1. The van der Waals surface area contributed by atoms with E-state index in [1.165, 1.54) is 5.69 Å². The first-order chi connectivity index (χ1) is 7.36. The summed E-state index contributed by atoms with van der Waals surface area (Å²) in [5.74, 6) is 0.0715. The summed E-state index contributed by atoms with van der Waals surface area (Å²) in [5.41, 5.74) is 2.33. The van der Waals surface area contributed by atoms with Crippen molar-refractivity contribution in [3.05, 3.63) is 42.5 Å². The van der Waals surface area contributed by atoms with Gasteiger partial charge in [-0.1, -0.05) is 24.3 Å². The van der Waals surface area contributed by atoms with Gasteiger partial charge in [-0.3, -0.25) is 0 Å². The van der Waals surface area contributed by atoms with E-state index in [2.05, 4.69) is 17.5 Å². The van der Waals surface area contributed by atoms with Crippen LogP contribution in [0.3, 0.4) is 0 Å². The Balaban J connectivity index is 2.38. The van der Waals surface area contributed by atoms with Crippen LogP contribution < -0.4 is 4.90 Å². The molecule has 0 aliphatic carbocycles. The van der Waals surface area contributed by atoms with Crippen LogP contribution in [-0.2, 0) is 4.79 Å². The lowest BCUT2D eigenvalue weighted by Gasteiger charge is -2.33. The lowest BCUT2D eigenvalue weighted by Crippen LogP contribution is -2.31. The Labute approximate surface area is 90.2 Å². The maximum atomic E-state index is 10.9. The summed E-state index contributed by atoms with van der Waals surface area (Å²) in [6.07, 6.45) is 3.87. The summed E-state index contributed by atoms with van der Waals surface area (Å²) in [6, 6.07) is 8.13. The molecule has 1 aromatic carbocycles. The molecule has 0 N–H and O–H groups in total. The first-order valence-corrected chi connectivity index (χ1v) is 5.27. The lowest BCUT2D eigenvalue weighted by molar-refractivity contribution is -0.109. The smallest absolute Gasteiger partial charge is 0.127 e. The van der Waals surface area contributed by atoms with Crippen molar-refractivity contribution >= 4 is 12.0 Å². The zero-order valence-corrected chi connectivity index (χ0v) is 8.73. The molecular formula is C13H15NO. The van der Waals surface area contributed by atoms with Gasteiger partial charge in [-0.15, -0.1) is 6.58 Å². The van der Waals surface area contributed by atoms with Crippen LogP contribution in [-0.4, -0.2) is 19.4 Å². The number of hydrogen-bond donors (Lipinski definition) is 0. The van der Waals surface area contributed by atoms with E-state index in [0.29, 0.717) is 0 Å². The van der Waals surface area contributed by atoms with Crippen molar-refractivity contribution in [2.24, 2.45) is 0 Å². The van der Waals surface area contributed by atoms with E-state index in [1.807, 2.05) is 24.3 Å². The third kappa shape index (κ3) is 1.80. The van der Waals surface area contributed by atoms with Crippen molar-refractivity contribution in [2.75, 3.05) is 18.0 Å². The molecule has 1 aliphatic rings. The summed E-state index contributed by atoms with van der Waals surface area (Å²) >= 11 is 0. The molecule has 2 heteroatoms. The molecule has 78 valence electrons. The fourth-order valence-electron chi connectivity index (χ4n) is 2.15. The highest BCUT2D eigenvalue weighted by Gasteiger charge is 2.23. The van der Waals surface area contributed by atoms with Crippen LogP contribution in [0.4, 0.5) is 5.69 Å². The van der Waals surface area contributed by atoms with Gasteiger partial charge in [0.15, 0.2) is 0 Å². The number of carbonyl (C=O) groups is 1. The van der Waals surface area contributed by atoms with E-state index in [-0.39, 0.29) is 5.92 Å². The monoisotopic (exact) mass is 201 g/mol. The molecular weight excluding hydrogens is 186 g/mol. The van der Waals surface area contributed by atoms with Gasteiger partial charge in [-0.2, -0.15) is 0 Å². The third-order valence-electron chi connectivity index (χ3n) is 2.90. The Kier molecular flexibility index (Phi) is 2.86. The number of rotatable bonds is 3. The van der Waals surface area contributed by atoms with Gasteiger partial charge < -0.3 is 9.69 Å². The van der Waals surface area contributed by atoms with Crippen LogP contribution in [0.1, 0.15) is 17.9 Å². The molecule has 1 atom stereocenters. The van der Waals surface area contributed by atoms with Gasteiger partial charge in [0, 0.05) is 24.7 Å². The van der Waals surface area contributed by atoms with Crippen molar-refractivity contribution in [3.63, 3.8) is 0 Å². The number of fused-ring (bicyclic) bond motifs is 1. The number of nitrogens with zero attached hydrogens (tertiary/aromatic N) is 1. The number of hydrogen-bond acceptors (Lipinski definition) is 2. The third-order valence-corrected chi connectivity index (χ3v) is 2.90. The number of benzene rings is 1. The van der Waals surface area contributed by atoms with Gasteiger partial charge in [0.25, 0.3) is 0 Å². The second-order valence-electron chi connectivity index (χ2n) is 3.82. The Morgan fingerprint density at radius 3 is 3.00 bits per heavy atom. The van der Waals surface area contributed by atoms with E-state index < -0.39 is 0 Å². The highest BCUT2D eigenvalue weighted by Crippen LogP contribution is 2.33. The molecule has 0 amide bonds. The number of para-hydroxylation sites is 1. The molecule has 1 aliphatic heterocycles. The Hall–Kier alpha value is -1.57. The average molecular weight is 201 g/mol. The van der Waals surface area contributed by atoms with Crippen LogP contribution in [0, 0.1) is 0 Å². The molecule has 1 unspecified atom stereocenters. The highest BCUT2D eigenvalue weighted by atomic mass is 16.1. The van der Waals surface area contributed by atoms with E-state index >= 15 is 0 Å². The minimum absolute atomic E-state index is 0.0715. The summed E-state index contributed by atoms with van der Waals surface area (Å²) in [5, 5.41) is 0. The minimum Gasteiger partial charge on any atom is -0.368 e. The topological polar surface area (TPSA) is 20.3 Å². The molecule has 0 radical (unpaired) electrons. The highest BCUT2D eigenvalue weighted by molar-refractivity contribution is 5.71. The summed E-state index contributed by atoms with van der Waals surface area (Å²) in [7, 11) is 0. The largest absolute Gasteiger partial charge is 0.368 e. The van der Waals surface area contributed by atoms with Crippen LogP contribution >= 0.6 is 0 Å². The van der Waals surface area contributed by atoms with Gasteiger partial charge in [-0.05, 0) is 18.1 Å². The van der Waals surface area contributed by atoms with Crippen LogP contribution in [0.5, 0.6) is 0 Å². The molecule has 1 heterocycles. The summed E-state index contributed by atoms with van der Waals surface area (Å²) in [6.45, 7) is 5.54. The van der Waals surface area contributed by atoms with E-state index in [4.69, 9.17) is 0 Å². The van der Waals surface area contributed by atoms with Crippen molar-refractivity contribution in [3.8, 4) is 0 Å². The predicted octanol–water partition coefficient (Wildman–Crippen LogP) is 2.37. The molecule has 0 spiro atoms. The zero-order chi connectivity index (χ0) is 10.7. The number of anilines is 1. The second kappa shape index (κ2) is 4.30. The molecule has 0 saturated carbocycles. The van der Waals surface area contributed by atoms with Gasteiger partial charge in [-0.25, -0.2) is 0 Å². The SMILES string of the molecule is C=CCN1CCC(C=O)c2ccccc21. The van der Waals surface area contributed by atoms with Gasteiger partial charge in [0.2, 0.25) is 0 Å². The Bertz CT molecular complexity index is 373. The van der Waals surface area contributed by atoms with Crippen molar-refractivity contribution in [2.45, 2.75) is 12.3 Å². The van der Waals surface area contributed by atoms with Crippen molar-refractivity contribution in [1.29, 1.82) is 0 Å². The first kappa shape index (κ1) is 9.97. The van der Waals surface area contributed by atoms with Crippen LogP contribution in [0.25, 0.3) is 0 Å². The van der Waals surface area contributed by atoms with Gasteiger partial charge in [0.1, 0.15) is 6.29 Å². The molecule has 15 heavy (non-hydrogen) atoms. The van der Waals surface area contributed by atoms with Crippen LogP contribution in [0.15, 0.2) is 36.9 Å². The maximum absolute atomic E-state index is 10.9. The maximum Gasteiger partial charge on any atom is 0.127 e. The van der Waals surface area contributed by atoms with E-state index in [9.17, 15) is 4.79 Å². The average Bonchev–Trinajstić information content (AvgIpc) is 2.30. The molecule has 0 saturated heterocycles. The standard InChI is InChI=1S/C13H15NO/c1-2-8-14-9-7-11(10-15)12-5-3-4-6-13(12)14/h2-6,10-11H,1,7-9H2. The molecule has 0 aromatic heterocycles. The van der Waals surface area contributed by atoms with Crippen molar-refractivity contribution < 1.29 is 4.79 Å². The summed E-state index contributed by atoms with van der Waals surface area (Å²) < 4.78 is 0. The Morgan fingerprint density at radius 2 is 2.27 bits per heavy atom. The lowest BCUT2D eigenvalue weighted by atomic mass is 9.91. The number of carbonyl (C=O) groups excluding carboxylic acids is 1. The van der Waals surface area contributed by atoms with Crippen LogP contribution in [0.2, 0.25) is 0 Å². The van der Waals surface area contributed by atoms with Gasteiger partial charge in [0.05, 0.1) is 0 Å². The minimum atomic E-state index is 0.0715. The molecule has 1 aromatic rings. The van der Waals surface area contributed by atoms with E-state index in [1.54, 1.807) is 0 Å². The molecule has 0 bridgehead atoms. The first-order valence-electron chi connectivity index (χ1n) is 5.27. The van der Waals surface area contributed by atoms with Gasteiger partial charge >= 0.3 is 0 Å². The quantitative estimate of drug-likeness (QED) is 0.552. The Morgan fingerprint density at radius 1 is 1.47 bits per heavy atom. The summed E-state index contributed by atoms with van der Waals surface area (Å²) in [4.78, 5) is 13.2. The van der Waals surface area contributed by atoms with E-state index in [0.717, 1.165) is 31.4 Å². The fourth-order valence-corrected chi connectivity index (χ4v) is 2.15. The fraction of sp³-hybridized carbons (Fsp3) is 0.308. The molecule has 2 rings (SSSR count). The predicted molar refractivity (Wildman–Crippen MR) is 62.3 cm³/mol. The zero-order valence-electron chi connectivity index (χ0n) is 8.73.